The van der Waals surface area contributed by atoms with Gasteiger partial charge < -0.3 is 10.6 Å². The molecule has 0 aliphatic carbocycles. The van der Waals surface area contributed by atoms with Crippen LogP contribution in [0.25, 0.3) is 0 Å². The van der Waals surface area contributed by atoms with Gasteiger partial charge in [0.1, 0.15) is 5.69 Å². The summed E-state index contributed by atoms with van der Waals surface area (Å²) in [5, 5.41) is 2.01. The van der Waals surface area contributed by atoms with Gasteiger partial charge in [-0.25, -0.2) is 4.98 Å². The van der Waals surface area contributed by atoms with Crippen molar-refractivity contribution in [1.82, 2.24) is 9.88 Å². The third-order valence-electron chi connectivity index (χ3n) is 2.60. The highest BCUT2D eigenvalue weighted by Gasteiger charge is 2.15. The zero-order chi connectivity index (χ0) is 13.0. The number of thiophene rings is 1. The fraction of sp³-hybridized carbons (Fsp3) is 0.231. The highest BCUT2D eigenvalue weighted by Crippen LogP contribution is 2.14. The summed E-state index contributed by atoms with van der Waals surface area (Å²) < 4.78 is 0. The van der Waals surface area contributed by atoms with E-state index in [1.54, 1.807) is 28.4 Å². The highest BCUT2D eigenvalue weighted by molar-refractivity contribution is 7.09. The Labute approximate surface area is 110 Å². The second-order valence-corrected chi connectivity index (χ2v) is 4.91. The molecule has 18 heavy (non-hydrogen) atoms. The van der Waals surface area contributed by atoms with E-state index in [-0.39, 0.29) is 5.91 Å². The SMILES string of the molecule is CCN(Cc1cccs1)C(=O)c1ccc(N)cn1. The van der Waals surface area contributed by atoms with Gasteiger partial charge in [-0.1, -0.05) is 6.07 Å². The van der Waals surface area contributed by atoms with Crippen LogP contribution in [0.1, 0.15) is 22.3 Å². The number of anilines is 1. The van der Waals surface area contributed by atoms with Crippen molar-refractivity contribution in [3.05, 3.63) is 46.4 Å². The Morgan fingerprint density at radius 1 is 1.44 bits per heavy atom. The number of rotatable bonds is 4. The quantitative estimate of drug-likeness (QED) is 0.919. The average molecular weight is 261 g/mol. The summed E-state index contributed by atoms with van der Waals surface area (Å²) in [5.41, 5.74) is 6.56. The Hall–Kier alpha value is -1.88. The minimum Gasteiger partial charge on any atom is -0.397 e. The van der Waals surface area contributed by atoms with Crippen molar-refractivity contribution in [1.29, 1.82) is 0 Å². The van der Waals surface area contributed by atoms with Crippen LogP contribution < -0.4 is 5.73 Å². The van der Waals surface area contributed by atoms with Crippen LogP contribution in [0.5, 0.6) is 0 Å². The Bertz CT molecular complexity index is 508. The number of amides is 1. The number of aromatic nitrogens is 1. The van der Waals surface area contributed by atoms with E-state index >= 15 is 0 Å². The Kier molecular flexibility index (Phi) is 3.94. The van der Waals surface area contributed by atoms with Gasteiger partial charge in [0.05, 0.1) is 18.4 Å². The van der Waals surface area contributed by atoms with Crippen molar-refractivity contribution < 1.29 is 4.79 Å². The van der Waals surface area contributed by atoms with Crippen LogP contribution >= 0.6 is 11.3 Å². The maximum absolute atomic E-state index is 12.2. The first-order valence-electron chi connectivity index (χ1n) is 5.74. The van der Waals surface area contributed by atoms with Crippen LogP contribution in [0.3, 0.4) is 0 Å². The van der Waals surface area contributed by atoms with Gasteiger partial charge in [0.25, 0.3) is 5.91 Å². The summed E-state index contributed by atoms with van der Waals surface area (Å²) >= 11 is 1.65. The lowest BCUT2D eigenvalue weighted by molar-refractivity contribution is 0.0748. The zero-order valence-corrected chi connectivity index (χ0v) is 11.0. The molecule has 2 N–H and O–H groups in total. The lowest BCUT2D eigenvalue weighted by Crippen LogP contribution is -2.30. The van der Waals surface area contributed by atoms with Crippen molar-refractivity contribution in [3.8, 4) is 0 Å². The third-order valence-corrected chi connectivity index (χ3v) is 3.46. The summed E-state index contributed by atoms with van der Waals surface area (Å²) in [7, 11) is 0. The van der Waals surface area contributed by atoms with Crippen molar-refractivity contribution in [2.75, 3.05) is 12.3 Å². The molecule has 4 nitrogen and oxygen atoms in total. The number of nitrogens with zero attached hydrogens (tertiary/aromatic N) is 2. The van der Waals surface area contributed by atoms with Gasteiger partial charge in [-0.2, -0.15) is 0 Å². The van der Waals surface area contributed by atoms with E-state index in [9.17, 15) is 4.79 Å². The lowest BCUT2D eigenvalue weighted by Gasteiger charge is -2.19. The number of pyridine rings is 1. The van der Waals surface area contributed by atoms with Crippen molar-refractivity contribution in [3.63, 3.8) is 0 Å². The first-order chi connectivity index (χ1) is 8.70. The zero-order valence-electron chi connectivity index (χ0n) is 10.2. The van der Waals surface area contributed by atoms with Gasteiger partial charge in [0.2, 0.25) is 0 Å². The van der Waals surface area contributed by atoms with Crippen LogP contribution in [0.15, 0.2) is 35.8 Å². The molecule has 0 atom stereocenters. The molecule has 0 unspecified atom stereocenters. The van der Waals surface area contributed by atoms with Gasteiger partial charge >= 0.3 is 0 Å². The standard InChI is InChI=1S/C13H15N3OS/c1-2-16(9-11-4-3-7-18-11)13(17)12-6-5-10(14)8-15-12/h3-8H,2,9,14H2,1H3. The van der Waals surface area contributed by atoms with Gasteiger partial charge in [-0.05, 0) is 30.5 Å². The number of nitrogen functional groups attached to an aromatic ring is 1. The number of hydrogen-bond acceptors (Lipinski definition) is 4. The maximum atomic E-state index is 12.2. The molecule has 0 bridgehead atoms. The van der Waals surface area contributed by atoms with Gasteiger partial charge in [0.15, 0.2) is 0 Å². The highest BCUT2D eigenvalue weighted by atomic mass is 32.1. The van der Waals surface area contributed by atoms with Gasteiger partial charge in [0, 0.05) is 11.4 Å². The molecule has 2 rings (SSSR count). The van der Waals surface area contributed by atoms with Crippen LogP contribution in [0.2, 0.25) is 0 Å². The maximum Gasteiger partial charge on any atom is 0.272 e. The van der Waals surface area contributed by atoms with E-state index < -0.39 is 0 Å². The second kappa shape index (κ2) is 5.64. The van der Waals surface area contributed by atoms with Crippen LogP contribution in [-0.4, -0.2) is 22.3 Å². The van der Waals surface area contributed by atoms with Crippen LogP contribution in [-0.2, 0) is 6.54 Å². The van der Waals surface area contributed by atoms with Crippen molar-refractivity contribution in [2.45, 2.75) is 13.5 Å². The molecule has 2 aromatic rings. The lowest BCUT2D eigenvalue weighted by atomic mass is 10.3. The normalized spacial score (nSPS) is 10.3. The topological polar surface area (TPSA) is 59.2 Å². The third kappa shape index (κ3) is 2.87. The average Bonchev–Trinajstić information content (AvgIpc) is 2.89. The van der Waals surface area contributed by atoms with E-state index in [4.69, 9.17) is 5.73 Å². The Morgan fingerprint density at radius 3 is 2.83 bits per heavy atom. The predicted molar refractivity (Wildman–Crippen MR) is 73.4 cm³/mol. The summed E-state index contributed by atoms with van der Waals surface area (Å²) in [6.07, 6.45) is 1.51. The molecule has 0 aliphatic rings. The summed E-state index contributed by atoms with van der Waals surface area (Å²) in [4.78, 5) is 19.2. The van der Waals surface area contributed by atoms with Crippen LogP contribution in [0.4, 0.5) is 5.69 Å². The Balaban J connectivity index is 2.12. The molecule has 2 aromatic heterocycles. The smallest absolute Gasteiger partial charge is 0.272 e. The van der Waals surface area contributed by atoms with E-state index in [1.165, 1.54) is 11.1 Å². The number of nitrogens with two attached hydrogens (primary N) is 1. The largest absolute Gasteiger partial charge is 0.397 e. The first-order valence-corrected chi connectivity index (χ1v) is 6.62. The summed E-state index contributed by atoms with van der Waals surface area (Å²) in [5.74, 6) is -0.0640. The molecular weight excluding hydrogens is 246 g/mol. The molecule has 1 amide bonds. The first kappa shape index (κ1) is 12.6. The minimum atomic E-state index is -0.0640. The molecule has 2 heterocycles. The van der Waals surface area contributed by atoms with E-state index in [0.717, 1.165) is 0 Å². The summed E-state index contributed by atoms with van der Waals surface area (Å²) in [6, 6.07) is 7.37. The van der Waals surface area contributed by atoms with Crippen LogP contribution in [0, 0.1) is 0 Å². The number of hydrogen-bond donors (Lipinski definition) is 1. The number of carbonyl (C=O) groups excluding carboxylic acids is 1. The molecule has 94 valence electrons. The second-order valence-electron chi connectivity index (χ2n) is 3.88. The fourth-order valence-electron chi connectivity index (χ4n) is 1.61. The summed E-state index contributed by atoms with van der Waals surface area (Å²) in [6.45, 7) is 3.24. The number of carbonyl (C=O) groups is 1. The van der Waals surface area contributed by atoms with Gasteiger partial charge in [-0.15, -0.1) is 11.3 Å². The fourth-order valence-corrected chi connectivity index (χ4v) is 2.33. The Morgan fingerprint density at radius 2 is 2.28 bits per heavy atom. The molecule has 0 aromatic carbocycles. The molecule has 0 saturated heterocycles. The van der Waals surface area contributed by atoms with E-state index in [0.29, 0.717) is 24.5 Å². The molecule has 0 radical (unpaired) electrons. The van der Waals surface area contributed by atoms with Gasteiger partial charge in [-0.3, -0.25) is 4.79 Å². The van der Waals surface area contributed by atoms with Crippen molar-refractivity contribution >= 4 is 22.9 Å². The molecule has 5 heteroatoms. The minimum absolute atomic E-state index is 0.0640. The molecule has 0 spiro atoms. The molecule has 0 aliphatic heterocycles. The molecule has 0 saturated carbocycles. The van der Waals surface area contributed by atoms with E-state index in [2.05, 4.69) is 4.98 Å². The van der Waals surface area contributed by atoms with Crippen molar-refractivity contribution in [2.24, 2.45) is 0 Å². The predicted octanol–water partition coefficient (Wildman–Crippen LogP) is 2.39. The van der Waals surface area contributed by atoms with E-state index in [1.807, 2.05) is 24.4 Å². The monoisotopic (exact) mass is 261 g/mol. The molecular formula is C13H15N3OS. The molecule has 0 fully saturated rings.